The van der Waals surface area contributed by atoms with Crippen LogP contribution >= 0.6 is 0 Å². The minimum atomic E-state index is -0.652. The van der Waals surface area contributed by atoms with Crippen molar-refractivity contribution in [3.05, 3.63) is 89.7 Å². The predicted octanol–water partition coefficient (Wildman–Crippen LogP) is 4.24. The van der Waals surface area contributed by atoms with Gasteiger partial charge in [0.2, 0.25) is 0 Å². The van der Waals surface area contributed by atoms with Crippen molar-refractivity contribution in [3.63, 3.8) is 0 Å². The van der Waals surface area contributed by atoms with Crippen LogP contribution in [-0.4, -0.2) is 5.91 Å². The molecule has 0 saturated carbocycles. The Bertz CT molecular complexity index is 865. The lowest BCUT2D eigenvalue weighted by Gasteiger charge is -2.09. The molecule has 3 N–H and O–H groups in total. The molecule has 0 aromatic heterocycles. The molecule has 3 aromatic rings. The van der Waals surface area contributed by atoms with Crippen LogP contribution < -0.4 is 15.8 Å². The molecule has 0 heterocycles. The largest absolute Gasteiger partial charge is 0.489 e. The first-order chi connectivity index (χ1) is 12.1. The summed E-state index contributed by atoms with van der Waals surface area (Å²) in [6.07, 6.45) is 0. The minimum Gasteiger partial charge on any atom is -0.489 e. The number of anilines is 2. The molecule has 0 spiro atoms. The fourth-order valence-electron chi connectivity index (χ4n) is 2.29. The molecule has 3 rings (SSSR count). The second kappa shape index (κ2) is 7.49. The summed E-state index contributed by atoms with van der Waals surface area (Å²) in [6.45, 7) is 0.462. The fourth-order valence-corrected chi connectivity index (χ4v) is 2.29. The van der Waals surface area contributed by atoms with Gasteiger partial charge < -0.3 is 15.8 Å². The van der Waals surface area contributed by atoms with Crippen LogP contribution in [0.15, 0.2) is 72.8 Å². The number of hydrogen-bond acceptors (Lipinski definition) is 3. The monoisotopic (exact) mass is 336 g/mol. The summed E-state index contributed by atoms with van der Waals surface area (Å²) in [6, 6.07) is 20.7. The number of carbonyl (C=O) groups excluding carboxylic acids is 1. The first-order valence-corrected chi connectivity index (χ1v) is 7.75. The molecule has 0 atom stereocenters. The van der Waals surface area contributed by atoms with Crippen LogP contribution in [0.25, 0.3) is 0 Å². The van der Waals surface area contributed by atoms with E-state index >= 15 is 0 Å². The maximum atomic E-state index is 13.8. The van der Waals surface area contributed by atoms with Gasteiger partial charge in [-0.3, -0.25) is 4.79 Å². The first-order valence-electron chi connectivity index (χ1n) is 7.75. The lowest BCUT2D eigenvalue weighted by atomic mass is 10.1. The summed E-state index contributed by atoms with van der Waals surface area (Å²) in [5.41, 5.74) is 7.31. The minimum absolute atomic E-state index is 0.0568. The van der Waals surface area contributed by atoms with Crippen LogP contribution in [0.2, 0.25) is 0 Å². The van der Waals surface area contributed by atoms with E-state index in [0.717, 1.165) is 11.6 Å². The number of amides is 1. The molecule has 1 amide bonds. The van der Waals surface area contributed by atoms with Crippen molar-refractivity contribution in [2.24, 2.45) is 0 Å². The Morgan fingerprint density at radius 2 is 1.72 bits per heavy atom. The van der Waals surface area contributed by atoms with Crippen LogP contribution in [0, 0.1) is 5.82 Å². The smallest absolute Gasteiger partial charge is 0.258 e. The number of nitrogens with one attached hydrogen (secondary N) is 1. The molecule has 0 saturated heterocycles. The molecule has 3 aromatic carbocycles. The highest BCUT2D eigenvalue weighted by Crippen LogP contribution is 2.19. The molecule has 0 aliphatic rings. The van der Waals surface area contributed by atoms with E-state index in [2.05, 4.69) is 5.32 Å². The summed E-state index contributed by atoms with van der Waals surface area (Å²) in [7, 11) is 0. The van der Waals surface area contributed by atoms with E-state index in [1.165, 1.54) is 12.1 Å². The van der Waals surface area contributed by atoms with Crippen molar-refractivity contribution in [3.8, 4) is 5.75 Å². The Kier molecular flexibility index (Phi) is 4.95. The summed E-state index contributed by atoms with van der Waals surface area (Å²) in [5, 5.41) is 2.64. The molecule has 126 valence electrons. The summed E-state index contributed by atoms with van der Waals surface area (Å²) >= 11 is 0. The van der Waals surface area contributed by atoms with Gasteiger partial charge in [-0.1, -0.05) is 30.3 Å². The van der Waals surface area contributed by atoms with E-state index in [1.54, 1.807) is 24.3 Å². The molecular weight excluding hydrogens is 319 g/mol. The molecule has 25 heavy (non-hydrogen) atoms. The number of ether oxygens (including phenoxy) is 1. The maximum absolute atomic E-state index is 13.8. The Hall–Kier alpha value is -3.34. The topological polar surface area (TPSA) is 64.4 Å². The molecule has 0 fully saturated rings. The number of rotatable bonds is 5. The average molecular weight is 336 g/mol. The number of hydrogen-bond donors (Lipinski definition) is 2. The fraction of sp³-hybridized carbons (Fsp3) is 0.0500. The van der Waals surface area contributed by atoms with Gasteiger partial charge in [0.25, 0.3) is 5.91 Å². The Morgan fingerprint density at radius 1 is 1.00 bits per heavy atom. The van der Waals surface area contributed by atoms with Gasteiger partial charge in [0.15, 0.2) is 0 Å². The normalized spacial score (nSPS) is 10.3. The molecule has 0 unspecified atom stereocenters. The first kappa shape index (κ1) is 16.5. The van der Waals surface area contributed by atoms with Crippen LogP contribution in [0.5, 0.6) is 5.75 Å². The summed E-state index contributed by atoms with van der Waals surface area (Å²) < 4.78 is 19.5. The van der Waals surface area contributed by atoms with Crippen molar-refractivity contribution < 1.29 is 13.9 Å². The number of carbonyl (C=O) groups is 1. The molecular formula is C20H17FN2O2. The van der Waals surface area contributed by atoms with Crippen molar-refractivity contribution in [2.75, 3.05) is 11.1 Å². The Morgan fingerprint density at radius 3 is 2.40 bits per heavy atom. The van der Waals surface area contributed by atoms with Gasteiger partial charge in [-0.05, 0) is 48.0 Å². The Balaban J connectivity index is 1.61. The van der Waals surface area contributed by atoms with Gasteiger partial charge in [-0.25, -0.2) is 4.39 Å². The molecule has 4 nitrogen and oxygen atoms in total. The number of benzene rings is 3. The predicted molar refractivity (Wildman–Crippen MR) is 96.0 cm³/mol. The van der Waals surface area contributed by atoms with Gasteiger partial charge >= 0.3 is 0 Å². The molecule has 0 radical (unpaired) electrons. The van der Waals surface area contributed by atoms with Gasteiger partial charge in [-0.2, -0.15) is 0 Å². The van der Waals surface area contributed by atoms with E-state index in [9.17, 15) is 9.18 Å². The standard InChI is InChI=1S/C20H17FN2O2/c21-19-12-15(22)6-11-18(19)20(24)23-16-7-9-17(10-8-16)25-13-14-4-2-1-3-5-14/h1-12H,13,22H2,(H,23,24). The highest BCUT2D eigenvalue weighted by atomic mass is 19.1. The van der Waals surface area contributed by atoms with Crippen LogP contribution in [0.1, 0.15) is 15.9 Å². The second-order valence-corrected chi connectivity index (χ2v) is 5.49. The highest BCUT2D eigenvalue weighted by molar-refractivity contribution is 6.04. The third kappa shape index (κ3) is 4.35. The number of halogens is 1. The second-order valence-electron chi connectivity index (χ2n) is 5.49. The van der Waals surface area contributed by atoms with Gasteiger partial charge in [0.05, 0.1) is 5.56 Å². The summed E-state index contributed by atoms with van der Waals surface area (Å²) in [4.78, 5) is 12.1. The highest BCUT2D eigenvalue weighted by Gasteiger charge is 2.12. The SMILES string of the molecule is Nc1ccc(C(=O)Nc2ccc(OCc3ccccc3)cc2)c(F)c1. The number of nitrogen functional groups attached to an aromatic ring is 1. The molecule has 0 aliphatic carbocycles. The average Bonchev–Trinajstić information content (AvgIpc) is 2.62. The lowest BCUT2D eigenvalue weighted by molar-refractivity contribution is 0.102. The number of nitrogens with two attached hydrogens (primary N) is 1. The van der Waals surface area contributed by atoms with Crippen molar-refractivity contribution in [1.29, 1.82) is 0 Å². The van der Waals surface area contributed by atoms with Crippen molar-refractivity contribution >= 4 is 17.3 Å². The zero-order valence-corrected chi connectivity index (χ0v) is 13.4. The zero-order chi connectivity index (χ0) is 17.6. The molecule has 0 aliphatic heterocycles. The maximum Gasteiger partial charge on any atom is 0.258 e. The summed E-state index contributed by atoms with van der Waals surface area (Å²) in [5.74, 6) is -0.503. The van der Waals surface area contributed by atoms with E-state index < -0.39 is 11.7 Å². The van der Waals surface area contributed by atoms with E-state index in [4.69, 9.17) is 10.5 Å². The van der Waals surface area contributed by atoms with Crippen molar-refractivity contribution in [1.82, 2.24) is 0 Å². The van der Waals surface area contributed by atoms with E-state index in [-0.39, 0.29) is 11.3 Å². The molecule has 0 bridgehead atoms. The Labute approximate surface area is 145 Å². The third-order valence-electron chi connectivity index (χ3n) is 3.60. The quantitative estimate of drug-likeness (QED) is 0.685. The zero-order valence-electron chi connectivity index (χ0n) is 13.4. The molecule has 5 heteroatoms. The third-order valence-corrected chi connectivity index (χ3v) is 3.60. The van der Waals surface area contributed by atoms with Crippen LogP contribution in [0.3, 0.4) is 0 Å². The van der Waals surface area contributed by atoms with Crippen LogP contribution in [-0.2, 0) is 6.61 Å². The van der Waals surface area contributed by atoms with Gasteiger partial charge in [-0.15, -0.1) is 0 Å². The lowest BCUT2D eigenvalue weighted by Crippen LogP contribution is -2.13. The van der Waals surface area contributed by atoms with Gasteiger partial charge in [0, 0.05) is 11.4 Å². The van der Waals surface area contributed by atoms with Crippen LogP contribution in [0.4, 0.5) is 15.8 Å². The van der Waals surface area contributed by atoms with E-state index in [1.807, 2.05) is 30.3 Å². The van der Waals surface area contributed by atoms with Gasteiger partial charge in [0.1, 0.15) is 18.2 Å². The van der Waals surface area contributed by atoms with E-state index in [0.29, 0.717) is 18.0 Å². The van der Waals surface area contributed by atoms with Crippen molar-refractivity contribution in [2.45, 2.75) is 6.61 Å².